The van der Waals surface area contributed by atoms with Gasteiger partial charge >= 0.3 is 19.1 Å². The zero-order valence-electron chi connectivity index (χ0n) is 10.7. The maximum absolute atomic E-state index is 11.4. The number of carbonyl (C=O) groups excluding carboxylic acids is 2. The maximum Gasteiger partial charge on any atom is 0.628 e. The SMILES string of the molecule is CN1CC(=O)OB(/C=C/C=C/C=C/CO)OC(=O)C1. The standard InChI is InChI=1S/C12H16BNO5/c1-14-9-11(16)18-13(19-12(17)10-14)7-5-3-2-4-6-8-15/h2-7,15H,8-10H2,1H3/b3-2+,6-4+,7-5+. The Morgan fingerprint density at radius 1 is 1.16 bits per heavy atom. The molecule has 1 fully saturated rings. The van der Waals surface area contributed by atoms with Crippen LogP contribution in [-0.4, -0.2) is 55.8 Å². The van der Waals surface area contributed by atoms with Gasteiger partial charge in [-0.05, 0) is 13.0 Å². The van der Waals surface area contributed by atoms with Crippen LogP contribution in [0.4, 0.5) is 0 Å². The van der Waals surface area contributed by atoms with Crippen LogP contribution in [0.3, 0.4) is 0 Å². The molecule has 0 amide bonds. The molecule has 1 rings (SSSR count). The van der Waals surface area contributed by atoms with Gasteiger partial charge in [-0.1, -0.05) is 30.4 Å². The summed E-state index contributed by atoms with van der Waals surface area (Å²) in [4.78, 5) is 24.3. The third-order valence-corrected chi connectivity index (χ3v) is 2.14. The zero-order valence-corrected chi connectivity index (χ0v) is 10.7. The van der Waals surface area contributed by atoms with E-state index in [1.54, 1.807) is 37.4 Å². The lowest BCUT2D eigenvalue weighted by molar-refractivity contribution is -0.145. The van der Waals surface area contributed by atoms with Gasteiger partial charge in [-0.15, -0.1) is 0 Å². The van der Waals surface area contributed by atoms with E-state index in [2.05, 4.69) is 0 Å². The van der Waals surface area contributed by atoms with E-state index in [0.717, 1.165) is 0 Å². The van der Waals surface area contributed by atoms with Gasteiger partial charge in [0.05, 0.1) is 19.7 Å². The first-order valence-electron chi connectivity index (χ1n) is 5.80. The average molecular weight is 265 g/mol. The van der Waals surface area contributed by atoms with Crippen molar-refractivity contribution in [2.75, 3.05) is 26.7 Å². The molecule has 19 heavy (non-hydrogen) atoms. The smallest absolute Gasteiger partial charge is 0.495 e. The minimum absolute atomic E-state index is 0.0284. The molecular weight excluding hydrogens is 249 g/mol. The fourth-order valence-corrected chi connectivity index (χ4v) is 1.36. The van der Waals surface area contributed by atoms with E-state index in [0.29, 0.717) is 0 Å². The second-order valence-corrected chi connectivity index (χ2v) is 3.90. The van der Waals surface area contributed by atoms with Gasteiger partial charge in [-0.25, -0.2) is 0 Å². The molecule has 1 aliphatic heterocycles. The molecular formula is C12H16BNO5. The van der Waals surface area contributed by atoms with Crippen LogP contribution < -0.4 is 0 Å². The van der Waals surface area contributed by atoms with Gasteiger partial charge in [-0.3, -0.25) is 14.5 Å². The molecule has 1 heterocycles. The molecule has 0 atom stereocenters. The van der Waals surface area contributed by atoms with Gasteiger partial charge in [-0.2, -0.15) is 0 Å². The summed E-state index contributed by atoms with van der Waals surface area (Å²) >= 11 is 0. The summed E-state index contributed by atoms with van der Waals surface area (Å²) in [5.41, 5.74) is 0. The maximum atomic E-state index is 11.4. The molecule has 0 aromatic carbocycles. The molecule has 1 saturated heterocycles. The number of rotatable bonds is 4. The van der Waals surface area contributed by atoms with E-state index in [1.807, 2.05) is 0 Å². The van der Waals surface area contributed by atoms with Crippen molar-refractivity contribution < 1.29 is 24.0 Å². The molecule has 6 nitrogen and oxygen atoms in total. The lowest BCUT2D eigenvalue weighted by Gasteiger charge is -2.20. The van der Waals surface area contributed by atoms with Gasteiger partial charge in [0.25, 0.3) is 0 Å². The van der Waals surface area contributed by atoms with E-state index < -0.39 is 19.1 Å². The summed E-state index contributed by atoms with van der Waals surface area (Å²) in [5, 5.41) is 8.51. The van der Waals surface area contributed by atoms with E-state index in [9.17, 15) is 9.59 Å². The molecule has 0 aliphatic carbocycles. The molecule has 0 unspecified atom stereocenters. The predicted octanol–water partition coefficient (Wildman–Crippen LogP) is -0.294. The highest BCUT2D eigenvalue weighted by atomic mass is 16.6. The van der Waals surface area contributed by atoms with Crippen LogP contribution in [0.25, 0.3) is 0 Å². The van der Waals surface area contributed by atoms with Gasteiger partial charge < -0.3 is 14.4 Å². The lowest BCUT2D eigenvalue weighted by atomic mass is 9.89. The van der Waals surface area contributed by atoms with E-state index >= 15 is 0 Å². The Bertz CT molecular complexity index is 385. The molecule has 1 N–H and O–H groups in total. The molecule has 0 spiro atoms. The van der Waals surface area contributed by atoms with Gasteiger partial charge in [0.2, 0.25) is 0 Å². The quantitative estimate of drug-likeness (QED) is 0.556. The first-order chi connectivity index (χ1) is 9.11. The second kappa shape index (κ2) is 8.28. The third-order valence-electron chi connectivity index (χ3n) is 2.14. The summed E-state index contributed by atoms with van der Waals surface area (Å²) in [5.74, 6) is 0.562. The molecule has 7 heteroatoms. The number of hydrogen-bond acceptors (Lipinski definition) is 6. The van der Waals surface area contributed by atoms with Crippen LogP contribution in [0.15, 0.2) is 36.4 Å². The summed E-state index contributed by atoms with van der Waals surface area (Å²) in [6.45, 7) is 0.0719. The largest absolute Gasteiger partial charge is 0.628 e. The summed E-state index contributed by atoms with van der Waals surface area (Å²) in [7, 11) is 0.634. The second-order valence-electron chi connectivity index (χ2n) is 3.90. The Hall–Kier alpha value is -1.86. The zero-order chi connectivity index (χ0) is 14.1. The number of hydrogen-bond donors (Lipinski definition) is 1. The average Bonchev–Trinajstić information content (AvgIpc) is 2.31. The highest BCUT2D eigenvalue weighted by Gasteiger charge is 2.28. The Balaban J connectivity index is 2.53. The highest BCUT2D eigenvalue weighted by molar-refractivity contribution is 6.54. The van der Waals surface area contributed by atoms with Crippen LogP contribution in [0.1, 0.15) is 0 Å². The van der Waals surface area contributed by atoms with Crippen LogP contribution in [-0.2, 0) is 18.9 Å². The monoisotopic (exact) mass is 265 g/mol. The van der Waals surface area contributed by atoms with Crippen LogP contribution in [0.2, 0.25) is 0 Å². The van der Waals surface area contributed by atoms with Gasteiger partial charge in [0.1, 0.15) is 0 Å². The van der Waals surface area contributed by atoms with Crippen molar-refractivity contribution in [3.63, 3.8) is 0 Å². The lowest BCUT2D eigenvalue weighted by Crippen LogP contribution is -2.41. The minimum atomic E-state index is -1.000. The van der Waals surface area contributed by atoms with Crippen molar-refractivity contribution in [1.82, 2.24) is 4.90 Å². The Kier molecular flexibility index (Phi) is 6.63. The number of aliphatic hydroxyl groups is 1. The third kappa shape index (κ3) is 6.59. The number of aliphatic hydroxyl groups excluding tert-OH is 1. The Morgan fingerprint density at radius 3 is 2.32 bits per heavy atom. The van der Waals surface area contributed by atoms with Crippen LogP contribution in [0, 0.1) is 0 Å². The van der Waals surface area contributed by atoms with Gasteiger partial charge in [0, 0.05) is 0 Å². The van der Waals surface area contributed by atoms with Crippen LogP contribution in [0.5, 0.6) is 0 Å². The molecule has 0 aromatic heterocycles. The molecule has 0 radical (unpaired) electrons. The van der Waals surface area contributed by atoms with Crippen molar-refractivity contribution >= 4 is 19.1 Å². The predicted molar refractivity (Wildman–Crippen MR) is 69.9 cm³/mol. The van der Waals surface area contributed by atoms with Gasteiger partial charge in [0.15, 0.2) is 0 Å². The van der Waals surface area contributed by atoms with E-state index in [1.165, 1.54) is 10.9 Å². The fourth-order valence-electron chi connectivity index (χ4n) is 1.36. The summed E-state index contributed by atoms with van der Waals surface area (Å²) < 4.78 is 9.91. The highest BCUT2D eigenvalue weighted by Crippen LogP contribution is 2.01. The van der Waals surface area contributed by atoms with Crippen molar-refractivity contribution in [2.24, 2.45) is 0 Å². The topological polar surface area (TPSA) is 76.1 Å². The number of likely N-dealkylation sites (N-methyl/N-ethyl adjacent to an activating group) is 1. The summed E-state index contributed by atoms with van der Waals surface area (Å²) in [6.07, 6.45) is 8.18. The normalized spacial score (nSPS) is 18.9. The Labute approximate surface area is 112 Å². The van der Waals surface area contributed by atoms with Crippen molar-refractivity contribution in [3.05, 3.63) is 36.4 Å². The van der Waals surface area contributed by atoms with Crippen LogP contribution >= 0.6 is 0 Å². The molecule has 0 saturated carbocycles. The number of carbonyl (C=O) groups is 2. The van der Waals surface area contributed by atoms with Crippen molar-refractivity contribution in [2.45, 2.75) is 0 Å². The number of nitrogens with zero attached hydrogens (tertiary/aromatic N) is 1. The van der Waals surface area contributed by atoms with Crippen molar-refractivity contribution in [3.8, 4) is 0 Å². The minimum Gasteiger partial charge on any atom is -0.495 e. The molecule has 102 valence electrons. The molecule has 0 aromatic rings. The number of allylic oxidation sites excluding steroid dienone is 4. The first-order valence-corrected chi connectivity index (χ1v) is 5.80. The molecule has 0 bridgehead atoms. The van der Waals surface area contributed by atoms with E-state index in [4.69, 9.17) is 14.4 Å². The summed E-state index contributed by atoms with van der Waals surface area (Å²) in [6, 6.07) is 0. The van der Waals surface area contributed by atoms with Crippen molar-refractivity contribution in [1.29, 1.82) is 0 Å². The fraction of sp³-hybridized carbons (Fsp3) is 0.333. The van der Waals surface area contributed by atoms with E-state index in [-0.39, 0.29) is 19.7 Å². The first kappa shape index (κ1) is 15.2. The molecule has 1 aliphatic rings. The Morgan fingerprint density at radius 2 is 1.74 bits per heavy atom.